The summed E-state index contributed by atoms with van der Waals surface area (Å²) in [5.41, 5.74) is 3.43. The van der Waals surface area contributed by atoms with Gasteiger partial charge in [0.05, 0.1) is 0 Å². The van der Waals surface area contributed by atoms with Crippen molar-refractivity contribution in [3.63, 3.8) is 0 Å². The van der Waals surface area contributed by atoms with Gasteiger partial charge in [-0.05, 0) is 29.8 Å². The van der Waals surface area contributed by atoms with E-state index >= 15 is 0 Å². The molecular weight excluding hydrogens is 410 g/mol. The van der Waals surface area contributed by atoms with Gasteiger partial charge in [-0.25, -0.2) is 9.87 Å². The quantitative estimate of drug-likeness (QED) is 0.602. The van der Waals surface area contributed by atoms with Crippen molar-refractivity contribution in [1.82, 2.24) is 15.7 Å². The molecule has 1 N–H and O–H groups in total. The number of nitrogens with one attached hydrogen (secondary N) is 1. The van der Waals surface area contributed by atoms with Crippen molar-refractivity contribution in [2.24, 2.45) is 0 Å². The highest BCUT2D eigenvalue weighted by Crippen LogP contribution is 2.30. The van der Waals surface area contributed by atoms with E-state index in [1.165, 1.54) is 36.4 Å². The maximum Gasteiger partial charge on any atom is 0.573 e. The first-order chi connectivity index (χ1) is 14.2. The van der Waals surface area contributed by atoms with E-state index in [4.69, 9.17) is 14.0 Å². The van der Waals surface area contributed by atoms with Crippen molar-refractivity contribution in [2.75, 3.05) is 0 Å². The number of ether oxygens (including phenoxy) is 2. The van der Waals surface area contributed by atoms with Gasteiger partial charge in [-0.15, -0.1) is 23.4 Å². The molecule has 0 amide bonds. The third kappa shape index (κ3) is 4.69. The lowest BCUT2D eigenvalue weighted by molar-refractivity contribution is -0.274. The molecule has 0 aliphatic carbocycles. The van der Waals surface area contributed by atoms with Crippen LogP contribution in [0.3, 0.4) is 0 Å². The van der Waals surface area contributed by atoms with Crippen LogP contribution in [-0.4, -0.2) is 16.6 Å². The molecule has 0 fully saturated rings. The molecule has 11 heteroatoms. The molecule has 7 nitrogen and oxygen atoms in total. The van der Waals surface area contributed by atoms with Crippen molar-refractivity contribution in [2.45, 2.75) is 19.4 Å². The molecule has 1 aliphatic heterocycles. The molecule has 30 heavy (non-hydrogen) atoms. The molecule has 1 aromatic heterocycles. The summed E-state index contributed by atoms with van der Waals surface area (Å²) in [4.78, 5) is 5.35. The number of rotatable bonds is 5. The molecule has 0 saturated carbocycles. The fourth-order valence-electron chi connectivity index (χ4n) is 2.69. The van der Waals surface area contributed by atoms with E-state index in [9.17, 15) is 17.6 Å². The standard InChI is InChI=1S/C19H13F4N3O4/c1-10-24-25-18(27-10)12-6-13(20)8-15(7-12)28-17-9-16(30-26-17)11-2-4-14(5-3-11)29-19(21,22)23/h2-9,16,26H,1H3. The first kappa shape index (κ1) is 19.7. The second kappa shape index (κ2) is 7.67. The lowest BCUT2D eigenvalue weighted by Crippen LogP contribution is -2.17. The number of hydroxylamine groups is 1. The molecule has 0 radical (unpaired) electrons. The van der Waals surface area contributed by atoms with Gasteiger partial charge < -0.3 is 13.9 Å². The Hall–Kier alpha value is -3.60. The zero-order chi connectivity index (χ0) is 21.3. The van der Waals surface area contributed by atoms with Gasteiger partial charge in [0.15, 0.2) is 0 Å². The van der Waals surface area contributed by atoms with E-state index in [2.05, 4.69) is 20.4 Å². The topological polar surface area (TPSA) is 78.6 Å². The van der Waals surface area contributed by atoms with E-state index in [0.29, 0.717) is 17.0 Å². The van der Waals surface area contributed by atoms with Gasteiger partial charge in [0.2, 0.25) is 17.7 Å². The monoisotopic (exact) mass is 423 g/mol. The fraction of sp³-hybridized carbons (Fsp3) is 0.158. The summed E-state index contributed by atoms with van der Waals surface area (Å²) in [7, 11) is 0. The van der Waals surface area contributed by atoms with Crippen LogP contribution < -0.4 is 15.0 Å². The Morgan fingerprint density at radius 3 is 2.47 bits per heavy atom. The van der Waals surface area contributed by atoms with Crippen molar-refractivity contribution >= 4 is 0 Å². The minimum atomic E-state index is -4.77. The summed E-state index contributed by atoms with van der Waals surface area (Å²) in [5.74, 6) is -0.122. The number of nitrogens with zero attached hydrogens (tertiary/aromatic N) is 2. The number of hydrogen-bond acceptors (Lipinski definition) is 7. The van der Waals surface area contributed by atoms with Crippen LogP contribution in [0.1, 0.15) is 17.6 Å². The molecule has 4 rings (SSSR count). The molecule has 2 aromatic carbocycles. The number of hydrogen-bond donors (Lipinski definition) is 1. The van der Waals surface area contributed by atoms with Crippen LogP contribution in [0.5, 0.6) is 11.5 Å². The van der Waals surface area contributed by atoms with Gasteiger partial charge in [-0.1, -0.05) is 12.1 Å². The average Bonchev–Trinajstić information content (AvgIpc) is 3.30. The minimum absolute atomic E-state index is 0.139. The average molecular weight is 423 g/mol. The predicted octanol–water partition coefficient (Wildman–Crippen LogP) is 4.58. The highest BCUT2D eigenvalue weighted by atomic mass is 19.4. The zero-order valence-corrected chi connectivity index (χ0v) is 15.2. The van der Waals surface area contributed by atoms with Crippen LogP contribution in [-0.2, 0) is 4.84 Å². The number of benzene rings is 2. The SMILES string of the molecule is Cc1nnc(-c2cc(F)cc(OC3=CC(c4ccc(OC(F)(F)F)cc4)ON3)c2)o1. The number of aryl methyl sites for hydroxylation is 1. The Morgan fingerprint density at radius 1 is 1.03 bits per heavy atom. The summed E-state index contributed by atoms with van der Waals surface area (Å²) >= 11 is 0. The Labute approximate surface area is 166 Å². The fourth-order valence-corrected chi connectivity index (χ4v) is 2.69. The maximum absolute atomic E-state index is 14.0. The number of alkyl halides is 3. The van der Waals surface area contributed by atoms with E-state index in [1.807, 2.05) is 0 Å². The van der Waals surface area contributed by atoms with Crippen LogP contribution in [0.4, 0.5) is 17.6 Å². The van der Waals surface area contributed by atoms with Crippen molar-refractivity contribution in [3.8, 4) is 23.0 Å². The third-order valence-corrected chi connectivity index (χ3v) is 3.90. The highest BCUT2D eigenvalue weighted by molar-refractivity contribution is 5.56. The van der Waals surface area contributed by atoms with Gasteiger partial charge >= 0.3 is 6.36 Å². The summed E-state index contributed by atoms with van der Waals surface area (Å²) < 4.78 is 65.4. The Morgan fingerprint density at radius 2 is 1.80 bits per heavy atom. The molecule has 1 aliphatic rings. The smallest absolute Gasteiger partial charge is 0.439 e. The van der Waals surface area contributed by atoms with E-state index in [1.54, 1.807) is 13.0 Å². The van der Waals surface area contributed by atoms with Gasteiger partial charge in [-0.3, -0.25) is 4.84 Å². The molecule has 0 bridgehead atoms. The van der Waals surface area contributed by atoms with Gasteiger partial charge in [0.1, 0.15) is 23.4 Å². The number of aromatic nitrogens is 2. The second-order valence-electron chi connectivity index (χ2n) is 6.19. The Bertz CT molecular complexity index is 1080. The van der Waals surface area contributed by atoms with Gasteiger partial charge in [-0.2, -0.15) is 0 Å². The Balaban J connectivity index is 1.47. The predicted molar refractivity (Wildman–Crippen MR) is 93.2 cm³/mol. The molecule has 1 unspecified atom stereocenters. The maximum atomic E-state index is 14.0. The molecule has 0 spiro atoms. The lowest BCUT2D eigenvalue weighted by Gasteiger charge is -2.11. The van der Waals surface area contributed by atoms with E-state index < -0.39 is 18.3 Å². The van der Waals surface area contributed by atoms with Crippen molar-refractivity contribution in [3.05, 3.63) is 71.7 Å². The summed E-state index contributed by atoms with van der Waals surface area (Å²) in [5, 5.41) is 7.54. The highest BCUT2D eigenvalue weighted by Gasteiger charge is 2.31. The molecule has 2 heterocycles. The van der Waals surface area contributed by atoms with Gasteiger partial charge in [0, 0.05) is 24.6 Å². The molecule has 1 atom stereocenters. The van der Waals surface area contributed by atoms with E-state index in [0.717, 1.165) is 6.07 Å². The summed E-state index contributed by atoms with van der Waals surface area (Å²) in [6.07, 6.45) is -3.86. The molecule has 156 valence electrons. The Kier molecular flexibility index (Phi) is 5.04. The molecule has 3 aromatic rings. The summed E-state index contributed by atoms with van der Waals surface area (Å²) in [6.45, 7) is 1.61. The van der Waals surface area contributed by atoms with Crippen molar-refractivity contribution in [1.29, 1.82) is 0 Å². The second-order valence-corrected chi connectivity index (χ2v) is 6.19. The van der Waals surface area contributed by atoms with Crippen molar-refractivity contribution < 1.29 is 36.3 Å². The molecule has 0 saturated heterocycles. The first-order valence-corrected chi connectivity index (χ1v) is 8.53. The first-order valence-electron chi connectivity index (χ1n) is 8.53. The summed E-state index contributed by atoms with van der Waals surface area (Å²) in [6, 6.07) is 9.07. The van der Waals surface area contributed by atoms with Crippen LogP contribution in [0.2, 0.25) is 0 Å². The number of halogens is 4. The van der Waals surface area contributed by atoms with Crippen LogP contribution in [0, 0.1) is 12.7 Å². The largest absolute Gasteiger partial charge is 0.573 e. The zero-order valence-electron chi connectivity index (χ0n) is 15.2. The minimum Gasteiger partial charge on any atom is -0.439 e. The van der Waals surface area contributed by atoms with E-state index in [-0.39, 0.29) is 23.3 Å². The van der Waals surface area contributed by atoms with Crippen LogP contribution >= 0.6 is 0 Å². The van der Waals surface area contributed by atoms with Gasteiger partial charge in [0.25, 0.3) is 0 Å². The third-order valence-electron chi connectivity index (χ3n) is 3.90. The normalized spacial score (nSPS) is 16.2. The molecular formula is C19H13F4N3O4. The lowest BCUT2D eigenvalue weighted by atomic mass is 10.1. The van der Waals surface area contributed by atoms with Crippen LogP contribution in [0.25, 0.3) is 11.5 Å². The van der Waals surface area contributed by atoms with Crippen LogP contribution in [0.15, 0.2) is 58.8 Å².